The van der Waals surface area contributed by atoms with Gasteiger partial charge in [0.2, 0.25) is 0 Å². The number of hydrogen-bond donors (Lipinski definition) is 1. The molecule has 0 saturated carbocycles. The lowest BCUT2D eigenvalue weighted by atomic mass is 9.97. The minimum Gasteiger partial charge on any atom is -0.478 e. The van der Waals surface area contributed by atoms with Gasteiger partial charge in [0.25, 0.3) is 5.91 Å². The Morgan fingerprint density at radius 3 is 2.96 bits per heavy atom. The number of nitrogens with zero attached hydrogens (tertiary/aromatic N) is 2. The topological polar surface area (TPSA) is 70.5 Å². The Bertz CT molecular complexity index is 741. The zero-order valence-corrected chi connectivity index (χ0v) is 13.7. The number of likely N-dealkylation sites (tertiary alicyclic amines) is 1. The third kappa shape index (κ3) is 3.59. The van der Waals surface area contributed by atoms with Crippen LogP contribution in [0, 0.1) is 12.8 Å². The predicted molar refractivity (Wildman–Crippen MR) is 88.0 cm³/mol. The van der Waals surface area contributed by atoms with Crippen LogP contribution in [0.25, 0.3) is 0 Å². The fourth-order valence-electron chi connectivity index (χ4n) is 2.96. The van der Waals surface area contributed by atoms with Gasteiger partial charge in [-0.2, -0.15) is 0 Å². The Hall–Kier alpha value is -2.21. The van der Waals surface area contributed by atoms with E-state index in [1.54, 1.807) is 24.4 Å². The van der Waals surface area contributed by atoms with Gasteiger partial charge in [-0.25, -0.2) is 9.78 Å². The number of hydrogen-bond acceptors (Lipinski definition) is 4. The second-order valence-electron chi connectivity index (χ2n) is 5.86. The fourth-order valence-corrected chi connectivity index (χ4v) is 3.71. The number of aromatic nitrogens is 1. The first kappa shape index (κ1) is 15.7. The van der Waals surface area contributed by atoms with Crippen LogP contribution in [-0.4, -0.2) is 40.0 Å². The van der Waals surface area contributed by atoms with Gasteiger partial charge in [-0.3, -0.25) is 4.79 Å². The van der Waals surface area contributed by atoms with E-state index in [9.17, 15) is 9.59 Å². The maximum Gasteiger partial charge on any atom is 0.335 e. The summed E-state index contributed by atoms with van der Waals surface area (Å²) in [5, 5.41) is 9.95. The highest BCUT2D eigenvalue weighted by atomic mass is 32.1. The van der Waals surface area contributed by atoms with Crippen LogP contribution < -0.4 is 0 Å². The molecule has 1 aromatic carbocycles. The van der Waals surface area contributed by atoms with Crippen molar-refractivity contribution in [2.45, 2.75) is 19.8 Å². The smallest absolute Gasteiger partial charge is 0.335 e. The number of carboxylic acid groups (broad SMARTS) is 1. The number of carboxylic acids is 1. The first-order valence-electron chi connectivity index (χ1n) is 7.57. The van der Waals surface area contributed by atoms with Crippen molar-refractivity contribution >= 4 is 23.2 Å². The molecule has 1 unspecified atom stereocenters. The van der Waals surface area contributed by atoms with E-state index in [0.29, 0.717) is 22.9 Å². The van der Waals surface area contributed by atoms with Crippen molar-refractivity contribution < 1.29 is 14.7 Å². The van der Waals surface area contributed by atoms with E-state index in [2.05, 4.69) is 4.98 Å². The molecule has 0 radical (unpaired) electrons. The van der Waals surface area contributed by atoms with Crippen LogP contribution in [0.2, 0.25) is 0 Å². The van der Waals surface area contributed by atoms with Crippen molar-refractivity contribution in [2.75, 3.05) is 13.1 Å². The minimum absolute atomic E-state index is 0.0531. The largest absolute Gasteiger partial charge is 0.478 e. The Morgan fingerprint density at radius 2 is 2.26 bits per heavy atom. The molecular weight excluding hydrogens is 312 g/mol. The molecule has 1 saturated heterocycles. The van der Waals surface area contributed by atoms with Crippen LogP contribution in [0.1, 0.15) is 37.0 Å². The van der Waals surface area contributed by atoms with E-state index in [-0.39, 0.29) is 5.91 Å². The molecule has 1 aliphatic rings. The van der Waals surface area contributed by atoms with Crippen LogP contribution in [0.4, 0.5) is 0 Å². The van der Waals surface area contributed by atoms with E-state index in [1.165, 1.54) is 11.3 Å². The second kappa shape index (κ2) is 6.50. The summed E-state index contributed by atoms with van der Waals surface area (Å²) in [5.74, 6) is -0.481. The quantitative estimate of drug-likeness (QED) is 0.936. The highest BCUT2D eigenvalue weighted by Crippen LogP contribution is 2.24. The monoisotopic (exact) mass is 330 g/mol. The highest BCUT2D eigenvalue weighted by Gasteiger charge is 2.28. The van der Waals surface area contributed by atoms with Gasteiger partial charge in [0.05, 0.1) is 16.8 Å². The molecule has 1 atom stereocenters. The third-order valence-corrected chi connectivity index (χ3v) is 5.00. The van der Waals surface area contributed by atoms with Gasteiger partial charge in [-0.15, -0.1) is 11.3 Å². The van der Waals surface area contributed by atoms with E-state index in [4.69, 9.17) is 5.11 Å². The van der Waals surface area contributed by atoms with Crippen LogP contribution in [-0.2, 0) is 6.42 Å². The summed E-state index contributed by atoms with van der Waals surface area (Å²) in [6.45, 7) is 3.36. The van der Waals surface area contributed by atoms with Gasteiger partial charge in [0, 0.05) is 13.1 Å². The SMILES string of the molecule is Cc1ncc(C(=O)N2CCC(Cc3cccc(C(=O)O)c3)C2)s1. The summed E-state index contributed by atoms with van der Waals surface area (Å²) in [5.41, 5.74) is 1.33. The van der Waals surface area contributed by atoms with Crippen LogP contribution in [0.15, 0.2) is 30.5 Å². The summed E-state index contributed by atoms with van der Waals surface area (Å²) < 4.78 is 0. The number of aromatic carboxylic acids is 1. The van der Waals surface area contributed by atoms with Gasteiger partial charge < -0.3 is 10.0 Å². The molecular formula is C17H18N2O3S. The van der Waals surface area contributed by atoms with Crippen molar-refractivity contribution in [3.63, 3.8) is 0 Å². The number of carbonyl (C=O) groups excluding carboxylic acids is 1. The Balaban J connectivity index is 1.63. The molecule has 6 heteroatoms. The average Bonchev–Trinajstić information content (AvgIpc) is 3.16. The highest BCUT2D eigenvalue weighted by molar-refractivity contribution is 7.13. The van der Waals surface area contributed by atoms with Crippen LogP contribution in [0.5, 0.6) is 0 Å². The summed E-state index contributed by atoms with van der Waals surface area (Å²) in [4.78, 5) is 30.2. The number of benzene rings is 1. The zero-order valence-electron chi connectivity index (χ0n) is 12.9. The van der Waals surface area contributed by atoms with Crippen molar-refractivity contribution in [1.29, 1.82) is 0 Å². The average molecular weight is 330 g/mol. The number of amides is 1. The molecule has 5 nitrogen and oxygen atoms in total. The first-order chi connectivity index (χ1) is 11.0. The zero-order chi connectivity index (χ0) is 16.4. The third-order valence-electron chi connectivity index (χ3n) is 4.10. The standard InChI is InChI=1S/C17H18N2O3S/c1-11-18-9-15(23-11)16(20)19-6-5-13(10-19)7-12-3-2-4-14(8-12)17(21)22/h2-4,8-9,13H,5-7,10H2,1H3,(H,21,22). The fraction of sp³-hybridized carbons (Fsp3) is 0.353. The maximum absolute atomic E-state index is 12.4. The molecule has 23 heavy (non-hydrogen) atoms. The molecule has 120 valence electrons. The molecule has 1 amide bonds. The summed E-state index contributed by atoms with van der Waals surface area (Å²) in [7, 11) is 0. The summed E-state index contributed by atoms with van der Waals surface area (Å²) in [6.07, 6.45) is 3.39. The molecule has 0 spiro atoms. The number of aryl methyl sites for hydroxylation is 1. The van der Waals surface area contributed by atoms with Crippen LogP contribution in [0.3, 0.4) is 0 Å². The van der Waals surface area contributed by atoms with E-state index in [0.717, 1.165) is 30.0 Å². The van der Waals surface area contributed by atoms with Crippen molar-refractivity contribution in [1.82, 2.24) is 9.88 Å². The number of carbonyl (C=O) groups is 2. The second-order valence-corrected chi connectivity index (χ2v) is 7.09. The normalized spacial score (nSPS) is 17.4. The first-order valence-corrected chi connectivity index (χ1v) is 8.38. The van der Waals surface area contributed by atoms with Gasteiger partial charge in [-0.1, -0.05) is 12.1 Å². The molecule has 2 heterocycles. The lowest BCUT2D eigenvalue weighted by Gasteiger charge is -2.15. The van der Waals surface area contributed by atoms with Gasteiger partial charge in [-0.05, 0) is 43.4 Å². The molecule has 1 aliphatic heterocycles. The van der Waals surface area contributed by atoms with Crippen LogP contribution >= 0.6 is 11.3 Å². The lowest BCUT2D eigenvalue weighted by Crippen LogP contribution is -2.28. The molecule has 1 aromatic heterocycles. The molecule has 0 bridgehead atoms. The Morgan fingerprint density at radius 1 is 1.43 bits per heavy atom. The van der Waals surface area contributed by atoms with E-state index >= 15 is 0 Å². The van der Waals surface area contributed by atoms with Gasteiger partial charge in [0.15, 0.2) is 0 Å². The number of thiazole rings is 1. The summed E-state index contributed by atoms with van der Waals surface area (Å²) in [6, 6.07) is 7.04. The van der Waals surface area contributed by atoms with Gasteiger partial charge >= 0.3 is 5.97 Å². The van der Waals surface area contributed by atoms with Crippen molar-refractivity contribution in [3.05, 3.63) is 51.5 Å². The maximum atomic E-state index is 12.4. The summed E-state index contributed by atoms with van der Waals surface area (Å²) >= 11 is 1.43. The van der Waals surface area contributed by atoms with E-state index < -0.39 is 5.97 Å². The molecule has 1 N–H and O–H groups in total. The minimum atomic E-state index is -0.907. The van der Waals surface area contributed by atoms with E-state index in [1.807, 2.05) is 17.9 Å². The molecule has 3 rings (SSSR count). The molecule has 2 aromatic rings. The number of rotatable bonds is 4. The van der Waals surface area contributed by atoms with Crippen molar-refractivity contribution in [2.24, 2.45) is 5.92 Å². The van der Waals surface area contributed by atoms with Crippen molar-refractivity contribution in [3.8, 4) is 0 Å². The predicted octanol–water partition coefficient (Wildman–Crippen LogP) is 2.85. The molecule has 0 aliphatic carbocycles. The Labute approximate surface area is 138 Å². The molecule has 1 fully saturated rings. The lowest BCUT2D eigenvalue weighted by molar-refractivity contribution is 0.0696. The van der Waals surface area contributed by atoms with Gasteiger partial charge in [0.1, 0.15) is 4.88 Å². The Kier molecular flexibility index (Phi) is 4.43.